The Kier molecular flexibility index (Phi) is 5.55. The molecule has 2 aliphatic rings. The van der Waals surface area contributed by atoms with Gasteiger partial charge >= 0.3 is 6.03 Å². The van der Waals surface area contributed by atoms with Crippen molar-refractivity contribution in [2.45, 2.75) is 31.3 Å². The Balaban J connectivity index is 1.59. The number of fused-ring (bicyclic) bond motifs is 1. The Morgan fingerprint density at radius 3 is 2.64 bits per heavy atom. The SMILES string of the molecule is CSN[C@H]1CCN(C(=O)N[C@@H]2CCc3cccc(-c4c(F)cccc4F)c32)C1. The second kappa shape index (κ2) is 8.09. The third-order valence-corrected chi connectivity index (χ3v) is 6.11. The average molecular weight is 403 g/mol. The molecule has 1 aliphatic heterocycles. The van der Waals surface area contributed by atoms with E-state index in [4.69, 9.17) is 0 Å². The van der Waals surface area contributed by atoms with Gasteiger partial charge in [-0.3, -0.25) is 4.72 Å². The van der Waals surface area contributed by atoms with Gasteiger partial charge in [0.05, 0.1) is 11.6 Å². The lowest BCUT2D eigenvalue weighted by molar-refractivity contribution is 0.204. The van der Waals surface area contributed by atoms with E-state index in [0.29, 0.717) is 24.7 Å². The summed E-state index contributed by atoms with van der Waals surface area (Å²) in [5.41, 5.74) is 2.37. The number of likely N-dealkylation sites (tertiary alicyclic amines) is 1. The number of rotatable bonds is 4. The summed E-state index contributed by atoms with van der Waals surface area (Å²) in [7, 11) is 0. The summed E-state index contributed by atoms with van der Waals surface area (Å²) in [5, 5.41) is 3.10. The predicted molar refractivity (Wildman–Crippen MR) is 108 cm³/mol. The highest BCUT2D eigenvalue weighted by molar-refractivity contribution is 7.96. The number of nitrogens with zero attached hydrogens (tertiary/aromatic N) is 1. The molecule has 1 fully saturated rings. The van der Waals surface area contributed by atoms with Gasteiger partial charge in [0, 0.05) is 19.1 Å². The van der Waals surface area contributed by atoms with Gasteiger partial charge in [-0.05, 0) is 54.3 Å². The number of amides is 2. The third kappa shape index (κ3) is 3.61. The molecule has 7 heteroatoms. The van der Waals surface area contributed by atoms with Crippen molar-refractivity contribution in [3.05, 3.63) is 59.2 Å². The average Bonchev–Trinajstić information content (AvgIpc) is 3.30. The predicted octanol–water partition coefficient (Wildman–Crippen LogP) is 4.27. The quantitative estimate of drug-likeness (QED) is 0.750. The van der Waals surface area contributed by atoms with Crippen molar-refractivity contribution in [2.75, 3.05) is 19.3 Å². The molecule has 2 aromatic carbocycles. The second-order valence-corrected chi connectivity index (χ2v) is 7.91. The van der Waals surface area contributed by atoms with Gasteiger partial charge in [-0.25, -0.2) is 13.6 Å². The summed E-state index contributed by atoms with van der Waals surface area (Å²) in [4.78, 5) is 14.6. The summed E-state index contributed by atoms with van der Waals surface area (Å²) in [5.74, 6) is -1.17. The fraction of sp³-hybridized carbons (Fsp3) is 0.381. The number of urea groups is 1. The van der Waals surface area contributed by atoms with Crippen LogP contribution in [-0.2, 0) is 6.42 Å². The van der Waals surface area contributed by atoms with Crippen LogP contribution in [0.2, 0.25) is 0 Å². The van der Waals surface area contributed by atoms with E-state index < -0.39 is 11.6 Å². The molecule has 4 rings (SSSR count). The smallest absolute Gasteiger partial charge is 0.317 e. The Hall–Kier alpha value is -2.12. The number of hydrogen-bond acceptors (Lipinski definition) is 3. The maximum Gasteiger partial charge on any atom is 0.317 e. The van der Waals surface area contributed by atoms with Gasteiger partial charge in [-0.2, -0.15) is 0 Å². The summed E-state index contributed by atoms with van der Waals surface area (Å²) in [6.45, 7) is 1.36. The molecule has 1 heterocycles. The molecular formula is C21H23F2N3OS. The number of nitrogens with one attached hydrogen (secondary N) is 2. The Bertz CT molecular complexity index is 872. The minimum Gasteiger partial charge on any atom is -0.331 e. The lowest BCUT2D eigenvalue weighted by atomic mass is 9.94. The van der Waals surface area contributed by atoms with Gasteiger partial charge in [-0.1, -0.05) is 36.2 Å². The van der Waals surface area contributed by atoms with Crippen molar-refractivity contribution in [2.24, 2.45) is 0 Å². The van der Waals surface area contributed by atoms with Gasteiger partial charge in [0.25, 0.3) is 0 Å². The number of hydrogen-bond donors (Lipinski definition) is 2. The van der Waals surface area contributed by atoms with E-state index in [1.807, 2.05) is 18.4 Å². The van der Waals surface area contributed by atoms with Crippen molar-refractivity contribution in [3.63, 3.8) is 0 Å². The minimum atomic E-state index is -0.587. The second-order valence-electron chi connectivity index (χ2n) is 7.27. The van der Waals surface area contributed by atoms with E-state index in [1.165, 1.54) is 18.2 Å². The molecule has 4 nitrogen and oxygen atoms in total. The van der Waals surface area contributed by atoms with Crippen LogP contribution in [0.25, 0.3) is 11.1 Å². The van der Waals surface area contributed by atoms with E-state index in [9.17, 15) is 13.6 Å². The fourth-order valence-electron chi connectivity index (χ4n) is 4.25. The Morgan fingerprint density at radius 2 is 1.89 bits per heavy atom. The molecule has 1 aliphatic carbocycles. The summed E-state index contributed by atoms with van der Waals surface area (Å²) in [6, 6.07) is 9.35. The normalized spacial score (nSPS) is 21.0. The molecule has 0 saturated carbocycles. The van der Waals surface area contributed by atoms with Crippen LogP contribution in [-0.4, -0.2) is 36.3 Å². The highest BCUT2D eigenvalue weighted by Crippen LogP contribution is 2.40. The van der Waals surface area contributed by atoms with Crippen LogP contribution in [0.3, 0.4) is 0 Å². The molecule has 1 saturated heterocycles. The first-order chi connectivity index (χ1) is 13.6. The molecular weight excluding hydrogens is 380 g/mol. The highest BCUT2D eigenvalue weighted by Gasteiger charge is 2.32. The van der Waals surface area contributed by atoms with Crippen molar-refractivity contribution >= 4 is 18.0 Å². The Labute approximate surface area is 167 Å². The zero-order valence-corrected chi connectivity index (χ0v) is 16.5. The van der Waals surface area contributed by atoms with Crippen LogP contribution in [0.4, 0.5) is 13.6 Å². The number of halogens is 2. The molecule has 2 amide bonds. The van der Waals surface area contributed by atoms with Gasteiger partial charge in [0.2, 0.25) is 0 Å². The van der Waals surface area contributed by atoms with Crippen LogP contribution in [0.15, 0.2) is 36.4 Å². The lowest BCUT2D eigenvalue weighted by Crippen LogP contribution is -2.41. The van der Waals surface area contributed by atoms with Gasteiger partial charge in [0.1, 0.15) is 11.6 Å². The molecule has 0 unspecified atom stereocenters. The maximum absolute atomic E-state index is 14.4. The van der Waals surface area contributed by atoms with Crippen molar-refractivity contribution in [1.82, 2.24) is 14.9 Å². The van der Waals surface area contributed by atoms with Crippen LogP contribution in [0.1, 0.15) is 30.0 Å². The molecule has 0 bridgehead atoms. The van der Waals surface area contributed by atoms with Crippen molar-refractivity contribution in [3.8, 4) is 11.1 Å². The molecule has 28 heavy (non-hydrogen) atoms. The zero-order valence-electron chi connectivity index (χ0n) is 15.7. The number of carbonyl (C=O) groups excluding carboxylic acids is 1. The number of benzene rings is 2. The van der Waals surface area contributed by atoms with E-state index in [1.54, 1.807) is 22.9 Å². The molecule has 2 atom stereocenters. The maximum atomic E-state index is 14.4. The molecule has 0 radical (unpaired) electrons. The van der Waals surface area contributed by atoms with Crippen molar-refractivity contribution < 1.29 is 13.6 Å². The molecule has 0 spiro atoms. The van der Waals surface area contributed by atoms with Crippen molar-refractivity contribution in [1.29, 1.82) is 0 Å². The fourth-order valence-corrected chi connectivity index (χ4v) is 4.78. The first-order valence-corrected chi connectivity index (χ1v) is 10.7. The first kappa shape index (κ1) is 19.2. The molecule has 0 aromatic heterocycles. The minimum absolute atomic E-state index is 0.0223. The largest absolute Gasteiger partial charge is 0.331 e. The molecule has 2 N–H and O–H groups in total. The highest BCUT2D eigenvalue weighted by atomic mass is 32.2. The van der Waals surface area contributed by atoms with Gasteiger partial charge < -0.3 is 10.2 Å². The topological polar surface area (TPSA) is 44.4 Å². The Morgan fingerprint density at radius 1 is 1.14 bits per heavy atom. The van der Waals surface area contributed by atoms with E-state index in [-0.39, 0.29) is 17.6 Å². The van der Waals surface area contributed by atoms with Gasteiger partial charge in [0.15, 0.2) is 0 Å². The van der Waals surface area contributed by atoms with E-state index >= 15 is 0 Å². The molecule has 148 valence electrons. The summed E-state index contributed by atoms with van der Waals surface area (Å²) < 4.78 is 32.1. The summed E-state index contributed by atoms with van der Waals surface area (Å²) >= 11 is 1.56. The van der Waals surface area contributed by atoms with Crippen LogP contribution >= 0.6 is 11.9 Å². The van der Waals surface area contributed by atoms with Gasteiger partial charge in [-0.15, -0.1) is 0 Å². The number of carbonyl (C=O) groups is 1. The van der Waals surface area contributed by atoms with Crippen LogP contribution in [0, 0.1) is 11.6 Å². The number of aryl methyl sites for hydroxylation is 1. The first-order valence-electron chi connectivity index (χ1n) is 9.48. The lowest BCUT2D eigenvalue weighted by Gasteiger charge is -2.23. The summed E-state index contributed by atoms with van der Waals surface area (Å²) in [6.07, 6.45) is 4.40. The standard InChI is InChI=1S/C21H23F2N3OS/c1-28-25-14-10-11-26(12-14)21(27)24-18-9-8-13-4-2-5-15(19(13)18)20-16(22)6-3-7-17(20)23/h2-7,14,18,25H,8-12H2,1H3,(H,24,27)/t14-,18+/m0/s1. The monoisotopic (exact) mass is 403 g/mol. The van der Waals surface area contributed by atoms with E-state index in [0.717, 1.165) is 30.4 Å². The molecule has 2 aromatic rings. The van der Waals surface area contributed by atoms with Crippen LogP contribution in [0.5, 0.6) is 0 Å². The zero-order chi connectivity index (χ0) is 19.7. The third-order valence-electron chi connectivity index (χ3n) is 5.54. The van der Waals surface area contributed by atoms with E-state index in [2.05, 4.69) is 10.0 Å². The van der Waals surface area contributed by atoms with Crippen LogP contribution < -0.4 is 10.0 Å².